The summed E-state index contributed by atoms with van der Waals surface area (Å²) in [6.45, 7) is 1.68. The maximum atomic E-state index is 13.6. The Balaban J connectivity index is 1.11. The van der Waals surface area contributed by atoms with E-state index in [2.05, 4.69) is 24.3 Å². The minimum absolute atomic E-state index is 0.107. The van der Waals surface area contributed by atoms with E-state index in [0.717, 1.165) is 61.8 Å². The van der Waals surface area contributed by atoms with Crippen molar-refractivity contribution in [2.24, 2.45) is 11.8 Å². The first-order valence-corrected chi connectivity index (χ1v) is 16.2. The third kappa shape index (κ3) is 8.03. The second kappa shape index (κ2) is 15.2. The van der Waals surface area contributed by atoms with Gasteiger partial charge in [0, 0.05) is 32.6 Å². The molecule has 5 rings (SSSR count). The summed E-state index contributed by atoms with van der Waals surface area (Å²) in [6.07, 6.45) is 10.7. The Bertz CT molecular complexity index is 1220. The number of hydrogen-bond acceptors (Lipinski definition) is 5. The van der Waals surface area contributed by atoms with Gasteiger partial charge < -0.3 is 14.5 Å². The first kappa shape index (κ1) is 30.8. The van der Waals surface area contributed by atoms with E-state index >= 15 is 0 Å². The SMILES string of the molecule is O=C(OCc1ccccc1)C1[C@@H](CC2CCCCC2)C(=O)N1C(=O)N1CCN(C(=O)CCCCCc2ccccc2)CC1. The van der Waals surface area contributed by atoms with Crippen molar-refractivity contribution in [3.63, 3.8) is 0 Å². The predicted octanol–water partition coefficient (Wildman–Crippen LogP) is 5.59. The monoisotopic (exact) mass is 587 g/mol. The van der Waals surface area contributed by atoms with Gasteiger partial charge in [-0.15, -0.1) is 0 Å². The molecule has 8 heteroatoms. The molecular weight excluding hydrogens is 542 g/mol. The minimum Gasteiger partial charge on any atom is -0.459 e. The van der Waals surface area contributed by atoms with Crippen LogP contribution in [0.1, 0.15) is 75.3 Å². The van der Waals surface area contributed by atoms with Crippen molar-refractivity contribution in [1.82, 2.24) is 14.7 Å². The maximum Gasteiger partial charge on any atom is 0.330 e. The van der Waals surface area contributed by atoms with Gasteiger partial charge in [0.25, 0.3) is 0 Å². The normalized spacial score (nSPS) is 20.9. The maximum absolute atomic E-state index is 13.6. The number of rotatable bonds is 11. The average Bonchev–Trinajstić information content (AvgIpc) is 3.06. The molecule has 230 valence electrons. The van der Waals surface area contributed by atoms with Crippen LogP contribution in [0.2, 0.25) is 0 Å². The van der Waals surface area contributed by atoms with E-state index in [9.17, 15) is 19.2 Å². The lowest BCUT2D eigenvalue weighted by Gasteiger charge is -2.47. The van der Waals surface area contributed by atoms with Gasteiger partial charge in [-0.2, -0.15) is 0 Å². The van der Waals surface area contributed by atoms with Crippen LogP contribution in [-0.4, -0.2) is 70.7 Å². The summed E-state index contributed by atoms with van der Waals surface area (Å²) in [4.78, 5) is 57.6. The smallest absolute Gasteiger partial charge is 0.330 e. The second-order valence-electron chi connectivity index (χ2n) is 12.3. The standard InChI is InChI=1S/C35H45N3O5/c39-31(20-12-4-7-15-27-13-5-1-6-14-27)36-21-23-37(24-22-36)35(42)38-32(34(41)43-26-29-18-10-3-11-19-29)30(33(38)40)25-28-16-8-2-9-17-28/h1,3,5-6,10-11,13-14,18-19,28,30,32H,2,4,7-9,12,15-17,20-26H2/t30-,32?/m1/s1. The highest BCUT2D eigenvalue weighted by atomic mass is 16.5. The molecule has 3 aliphatic rings. The van der Waals surface area contributed by atoms with Gasteiger partial charge >= 0.3 is 12.0 Å². The number of nitrogens with zero attached hydrogens (tertiary/aromatic N) is 3. The van der Waals surface area contributed by atoms with Gasteiger partial charge in [-0.1, -0.05) is 99.2 Å². The fourth-order valence-electron chi connectivity index (χ4n) is 6.74. The molecule has 3 fully saturated rings. The average molecular weight is 588 g/mol. The van der Waals surface area contributed by atoms with E-state index < -0.39 is 24.0 Å². The van der Waals surface area contributed by atoms with Crippen molar-refractivity contribution in [1.29, 1.82) is 0 Å². The topological polar surface area (TPSA) is 87.2 Å². The molecular formula is C35H45N3O5. The van der Waals surface area contributed by atoms with Crippen LogP contribution in [0, 0.1) is 11.8 Å². The number of urea groups is 1. The molecule has 2 atom stereocenters. The second-order valence-corrected chi connectivity index (χ2v) is 12.3. The van der Waals surface area contributed by atoms with Crippen molar-refractivity contribution >= 4 is 23.8 Å². The lowest BCUT2D eigenvalue weighted by atomic mass is 9.76. The number of piperazine rings is 1. The van der Waals surface area contributed by atoms with Crippen LogP contribution in [0.4, 0.5) is 4.79 Å². The van der Waals surface area contributed by atoms with Crippen molar-refractivity contribution in [3.05, 3.63) is 71.8 Å². The van der Waals surface area contributed by atoms with Gasteiger partial charge in [0.2, 0.25) is 11.8 Å². The Labute approximate surface area is 255 Å². The van der Waals surface area contributed by atoms with E-state index in [-0.39, 0.29) is 18.4 Å². The number of unbranched alkanes of at least 4 members (excludes halogenated alkanes) is 2. The summed E-state index contributed by atoms with van der Waals surface area (Å²) in [6, 6.07) is 18.5. The number of imide groups is 1. The van der Waals surface area contributed by atoms with Gasteiger partial charge in [0.15, 0.2) is 6.04 Å². The number of carbonyl (C=O) groups is 4. The fourth-order valence-corrected chi connectivity index (χ4v) is 6.74. The number of likely N-dealkylation sites (tertiary alicyclic amines) is 1. The number of carbonyl (C=O) groups excluding carboxylic acids is 4. The summed E-state index contributed by atoms with van der Waals surface area (Å²) in [5, 5.41) is 0. The number of ether oxygens (including phenoxy) is 1. The number of β-lactam (4-membered cyclic amide) rings is 1. The third-order valence-corrected chi connectivity index (χ3v) is 9.30. The molecule has 2 heterocycles. The van der Waals surface area contributed by atoms with Crippen LogP contribution < -0.4 is 0 Å². The Morgan fingerprint density at radius 1 is 0.744 bits per heavy atom. The molecule has 1 unspecified atom stereocenters. The lowest BCUT2D eigenvalue weighted by Crippen LogP contribution is -2.70. The molecule has 2 aromatic carbocycles. The van der Waals surface area contributed by atoms with Gasteiger partial charge in [0.05, 0.1) is 5.92 Å². The van der Waals surface area contributed by atoms with E-state index in [1.807, 2.05) is 41.3 Å². The molecule has 1 saturated carbocycles. The molecule has 43 heavy (non-hydrogen) atoms. The quantitative estimate of drug-likeness (QED) is 0.194. The molecule has 0 N–H and O–H groups in total. The number of esters is 1. The van der Waals surface area contributed by atoms with Crippen LogP contribution in [-0.2, 0) is 32.1 Å². The lowest BCUT2D eigenvalue weighted by molar-refractivity contribution is -0.172. The number of aryl methyl sites for hydroxylation is 1. The largest absolute Gasteiger partial charge is 0.459 e. The van der Waals surface area contributed by atoms with Crippen molar-refractivity contribution < 1.29 is 23.9 Å². The van der Waals surface area contributed by atoms with E-state index in [4.69, 9.17) is 4.74 Å². The van der Waals surface area contributed by atoms with E-state index in [1.54, 1.807) is 4.90 Å². The fraction of sp³-hybridized carbons (Fsp3) is 0.543. The first-order chi connectivity index (χ1) is 21.0. The summed E-state index contributed by atoms with van der Waals surface area (Å²) >= 11 is 0. The molecule has 0 spiro atoms. The molecule has 2 aliphatic heterocycles. The number of amides is 4. The Hall–Kier alpha value is -3.68. The minimum atomic E-state index is -0.888. The zero-order valence-electron chi connectivity index (χ0n) is 25.2. The zero-order chi connectivity index (χ0) is 30.0. The van der Waals surface area contributed by atoms with Crippen LogP contribution in [0.15, 0.2) is 60.7 Å². The van der Waals surface area contributed by atoms with Crippen molar-refractivity contribution in [3.8, 4) is 0 Å². The number of benzene rings is 2. The molecule has 2 aromatic rings. The van der Waals surface area contributed by atoms with Gasteiger partial charge in [-0.05, 0) is 42.7 Å². The third-order valence-electron chi connectivity index (χ3n) is 9.30. The van der Waals surface area contributed by atoms with E-state index in [0.29, 0.717) is 44.9 Å². The van der Waals surface area contributed by atoms with Crippen LogP contribution in [0.5, 0.6) is 0 Å². The Morgan fingerprint density at radius 2 is 1.37 bits per heavy atom. The highest BCUT2D eigenvalue weighted by Gasteiger charge is 2.56. The Morgan fingerprint density at radius 3 is 2.05 bits per heavy atom. The van der Waals surface area contributed by atoms with E-state index in [1.165, 1.54) is 12.0 Å². The van der Waals surface area contributed by atoms with Crippen LogP contribution in [0.25, 0.3) is 0 Å². The summed E-state index contributed by atoms with van der Waals surface area (Å²) in [5.74, 6) is -0.788. The van der Waals surface area contributed by atoms with Gasteiger partial charge in [0.1, 0.15) is 6.61 Å². The molecule has 0 bridgehead atoms. The van der Waals surface area contributed by atoms with Crippen molar-refractivity contribution in [2.75, 3.05) is 26.2 Å². The van der Waals surface area contributed by atoms with Crippen LogP contribution >= 0.6 is 0 Å². The summed E-state index contributed by atoms with van der Waals surface area (Å²) in [5.41, 5.74) is 2.18. The molecule has 1 aliphatic carbocycles. The highest BCUT2D eigenvalue weighted by molar-refractivity contribution is 6.07. The summed E-state index contributed by atoms with van der Waals surface area (Å²) in [7, 11) is 0. The zero-order valence-corrected chi connectivity index (χ0v) is 25.2. The molecule has 0 radical (unpaired) electrons. The highest BCUT2D eigenvalue weighted by Crippen LogP contribution is 2.38. The molecule has 8 nitrogen and oxygen atoms in total. The van der Waals surface area contributed by atoms with Crippen LogP contribution in [0.3, 0.4) is 0 Å². The number of hydrogen-bond donors (Lipinski definition) is 0. The molecule has 0 aromatic heterocycles. The summed E-state index contributed by atoms with van der Waals surface area (Å²) < 4.78 is 5.64. The molecule has 2 saturated heterocycles. The van der Waals surface area contributed by atoms with Gasteiger partial charge in [-0.25, -0.2) is 14.5 Å². The van der Waals surface area contributed by atoms with Gasteiger partial charge in [-0.3, -0.25) is 9.59 Å². The molecule has 4 amide bonds. The van der Waals surface area contributed by atoms with Crippen molar-refractivity contribution in [2.45, 2.75) is 83.3 Å². The predicted molar refractivity (Wildman–Crippen MR) is 164 cm³/mol. The first-order valence-electron chi connectivity index (χ1n) is 16.2. The Kier molecular flexibility index (Phi) is 10.9.